The number of carbonyl (C=O) groups is 1. The highest BCUT2D eigenvalue weighted by atomic mass is 32.2. The monoisotopic (exact) mass is 417 g/mol. The van der Waals surface area contributed by atoms with E-state index < -0.39 is 10.0 Å². The van der Waals surface area contributed by atoms with Gasteiger partial charge >= 0.3 is 0 Å². The standard InChI is InChI=1S/C23H19N3O3S/c1-16-6-2-3-9-20(16)26-30(28,29)19-13-11-18(12-14-19)23(27)25-21-10-4-7-17-8-5-15-24-22(17)21/h2-15,26H,1H3,(H,25,27). The minimum absolute atomic E-state index is 0.0779. The number of para-hydroxylation sites is 2. The van der Waals surface area contributed by atoms with E-state index in [4.69, 9.17) is 0 Å². The second-order valence-corrected chi connectivity index (χ2v) is 8.46. The Balaban J connectivity index is 1.54. The summed E-state index contributed by atoms with van der Waals surface area (Å²) in [5.41, 5.74) is 2.97. The fraction of sp³-hybridized carbons (Fsp3) is 0.0435. The van der Waals surface area contributed by atoms with Crippen LogP contribution in [0.5, 0.6) is 0 Å². The van der Waals surface area contributed by atoms with Gasteiger partial charge in [-0.3, -0.25) is 14.5 Å². The second-order valence-electron chi connectivity index (χ2n) is 6.78. The van der Waals surface area contributed by atoms with Gasteiger partial charge in [0.25, 0.3) is 15.9 Å². The van der Waals surface area contributed by atoms with Crippen LogP contribution in [0.4, 0.5) is 11.4 Å². The highest BCUT2D eigenvalue weighted by molar-refractivity contribution is 7.92. The molecule has 30 heavy (non-hydrogen) atoms. The number of rotatable bonds is 5. The van der Waals surface area contributed by atoms with Gasteiger partial charge in [0, 0.05) is 17.1 Å². The van der Waals surface area contributed by atoms with Crippen molar-refractivity contribution < 1.29 is 13.2 Å². The molecule has 4 aromatic rings. The van der Waals surface area contributed by atoms with E-state index in [9.17, 15) is 13.2 Å². The molecule has 1 heterocycles. The minimum atomic E-state index is -3.76. The fourth-order valence-electron chi connectivity index (χ4n) is 3.08. The Hall–Kier alpha value is -3.71. The van der Waals surface area contributed by atoms with Crippen LogP contribution in [0.1, 0.15) is 15.9 Å². The van der Waals surface area contributed by atoms with E-state index in [1.807, 2.05) is 43.3 Å². The van der Waals surface area contributed by atoms with Gasteiger partial charge in [0.15, 0.2) is 0 Å². The summed E-state index contributed by atoms with van der Waals surface area (Å²) in [6.07, 6.45) is 1.67. The lowest BCUT2D eigenvalue weighted by molar-refractivity contribution is 0.102. The van der Waals surface area contributed by atoms with Crippen molar-refractivity contribution in [3.8, 4) is 0 Å². The maximum atomic E-state index is 12.7. The van der Waals surface area contributed by atoms with Crippen LogP contribution >= 0.6 is 0 Å². The van der Waals surface area contributed by atoms with Gasteiger partial charge in [-0.2, -0.15) is 0 Å². The summed E-state index contributed by atoms with van der Waals surface area (Å²) >= 11 is 0. The number of aryl methyl sites for hydroxylation is 1. The molecule has 0 fully saturated rings. The van der Waals surface area contributed by atoms with Gasteiger partial charge in [-0.25, -0.2) is 8.42 Å². The van der Waals surface area contributed by atoms with E-state index in [0.717, 1.165) is 10.9 Å². The number of sulfonamides is 1. The van der Waals surface area contributed by atoms with Gasteiger partial charge in [-0.1, -0.05) is 36.4 Å². The van der Waals surface area contributed by atoms with Crippen molar-refractivity contribution in [2.75, 3.05) is 10.0 Å². The Morgan fingerprint density at radius 2 is 1.53 bits per heavy atom. The third-order valence-electron chi connectivity index (χ3n) is 4.70. The molecule has 0 atom stereocenters. The van der Waals surface area contributed by atoms with Gasteiger partial charge in [0.2, 0.25) is 0 Å². The van der Waals surface area contributed by atoms with Crippen molar-refractivity contribution in [3.63, 3.8) is 0 Å². The number of aromatic nitrogens is 1. The number of anilines is 2. The third-order valence-corrected chi connectivity index (χ3v) is 6.08. The van der Waals surface area contributed by atoms with Gasteiger partial charge in [-0.15, -0.1) is 0 Å². The van der Waals surface area contributed by atoms with Crippen molar-refractivity contribution in [3.05, 3.63) is 96.2 Å². The summed E-state index contributed by atoms with van der Waals surface area (Å²) in [4.78, 5) is 17.0. The molecule has 7 heteroatoms. The zero-order valence-corrected chi connectivity index (χ0v) is 17.0. The van der Waals surface area contributed by atoms with Gasteiger partial charge < -0.3 is 5.32 Å². The number of amides is 1. The van der Waals surface area contributed by atoms with Crippen LogP contribution in [-0.2, 0) is 10.0 Å². The number of pyridine rings is 1. The van der Waals surface area contributed by atoms with Crippen LogP contribution in [0.25, 0.3) is 10.9 Å². The fourth-order valence-corrected chi connectivity index (χ4v) is 4.21. The highest BCUT2D eigenvalue weighted by Gasteiger charge is 2.16. The Labute approximate surface area is 174 Å². The molecule has 2 N–H and O–H groups in total. The molecule has 3 aromatic carbocycles. The summed E-state index contributed by atoms with van der Waals surface area (Å²) in [5.74, 6) is -0.344. The largest absolute Gasteiger partial charge is 0.320 e. The number of fused-ring (bicyclic) bond motifs is 1. The maximum Gasteiger partial charge on any atom is 0.261 e. The first kappa shape index (κ1) is 19.6. The van der Waals surface area contributed by atoms with Crippen LogP contribution in [0.15, 0.2) is 90.0 Å². The minimum Gasteiger partial charge on any atom is -0.320 e. The summed E-state index contributed by atoms with van der Waals surface area (Å²) in [6.45, 7) is 1.83. The molecule has 0 saturated heterocycles. The molecule has 0 unspecified atom stereocenters. The number of carbonyl (C=O) groups excluding carboxylic acids is 1. The molecular weight excluding hydrogens is 398 g/mol. The van der Waals surface area contributed by atoms with E-state index in [1.54, 1.807) is 24.4 Å². The topological polar surface area (TPSA) is 88.2 Å². The molecule has 1 amide bonds. The molecule has 0 saturated carbocycles. The Bertz CT molecular complexity index is 1330. The Morgan fingerprint density at radius 3 is 2.30 bits per heavy atom. The third kappa shape index (κ3) is 4.01. The molecular formula is C23H19N3O3S. The Morgan fingerprint density at radius 1 is 0.833 bits per heavy atom. The van der Waals surface area contributed by atoms with Gasteiger partial charge in [-0.05, 0) is 55.0 Å². The molecule has 150 valence electrons. The molecule has 0 aliphatic rings. The van der Waals surface area contributed by atoms with E-state index in [0.29, 0.717) is 22.5 Å². The summed E-state index contributed by atoms with van der Waals surface area (Å²) < 4.78 is 27.9. The predicted molar refractivity (Wildman–Crippen MR) is 118 cm³/mol. The van der Waals surface area contributed by atoms with Crippen LogP contribution in [-0.4, -0.2) is 19.3 Å². The summed E-state index contributed by atoms with van der Waals surface area (Å²) in [7, 11) is -3.76. The summed E-state index contributed by atoms with van der Waals surface area (Å²) in [6, 6.07) is 22.2. The molecule has 4 rings (SSSR count). The van der Waals surface area contributed by atoms with Crippen molar-refractivity contribution in [2.24, 2.45) is 0 Å². The molecule has 1 aromatic heterocycles. The first-order chi connectivity index (χ1) is 14.4. The van der Waals surface area contributed by atoms with E-state index in [-0.39, 0.29) is 10.8 Å². The van der Waals surface area contributed by atoms with Crippen molar-refractivity contribution in [2.45, 2.75) is 11.8 Å². The number of hydrogen-bond acceptors (Lipinski definition) is 4. The first-order valence-electron chi connectivity index (χ1n) is 9.28. The maximum absolute atomic E-state index is 12.7. The van der Waals surface area contributed by atoms with E-state index in [1.165, 1.54) is 24.3 Å². The quantitative estimate of drug-likeness (QED) is 0.497. The normalized spacial score (nSPS) is 11.2. The SMILES string of the molecule is Cc1ccccc1NS(=O)(=O)c1ccc(C(=O)Nc2cccc3cccnc23)cc1. The average Bonchev–Trinajstić information content (AvgIpc) is 2.75. The second kappa shape index (κ2) is 7.96. The van der Waals surface area contributed by atoms with Crippen molar-refractivity contribution >= 4 is 38.2 Å². The van der Waals surface area contributed by atoms with Crippen LogP contribution < -0.4 is 10.0 Å². The molecule has 0 bridgehead atoms. The highest BCUT2D eigenvalue weighted by Crippen LogP contribution is 2.22. The Kier molecular flexibility index (Phi) is 5.20. The first-order valence-corrected chi connectivity index (χ1v) is 10.8. The molecule has 0 aliphatic heterocycles. The number of nitrogens with one attached hydrogen (secondary N) is 2. The van der Waals surface area contributed by atoms with Crippen LogP contribution in [0.2, 0.25) is 0 Å². The molecule has 0 spiro atoms. The van der Waals surface area contributed by atoms with E-state index in [2.05, 4.69) is 15.0 Å². The summed E-state index contributed by atoms with van der Waals surface area (Å²) in [5, 5.41) is 3.76. The number of nitrogens with zero attached hydrogens (tertiary/aromatic N) is 1. The molecule has 0 radical (unpaired) electrons. The smallest absolute Gasteiger partial charge is 0.261 e. The molecule has 0 aliphatic carbocycles. The van der Waals surface area contributed by atoms with E-state index >= 15 is 0 Å². The van der Waals surface area contributed by atoms with Gasteiger partial charge in [0.1, 0.15) is 0 Å². The lowest BCUT2D eigenvalue weighted by atomic mass is 10.1. The zero-order valence-electron chi connectivity index (χ0n) is 16.2. The predicted octanol–water partition coefficient (Wildman–Crippen LogP) is 4.60. The van der Waals surface area contributed by atoms with Crippen molar-refractivity contribution in [1.82, 2.24) is 4.98 Å². The van der Waals surface area contributed by atoms with Crippen molar-refractivity contribution in [1.29, 1.82) is 0 Å². The number of benzene rings is 3. The zero-order chi connectivity index (χ0) is 21.1. The molecule has 6 nitrogen and oxygen atoms in total. The number of hydrogen-bond donors (Lipinski definition) is 2. The van der Waals surface area contributed by atoms with Crippen LogP contribution in [0, 0.1) is 6.92 Å². The van der Waals surface area contributed by atoms with Gasteiger partial charge in [0.05, 0.1) is 21.8 Å². The lowest BCUT2D eigenvalue weighted by Gasteiger charge is -2.11. The lowest BCUT2D eigenvalue weighted by Crippen LogP contribution is -2.15. The van der Waals surface area contributed by atoms with Crippen LogP contribution in [0.3, 0.4) is 0 Å². The average molecular weight is 417 g/mol.